The molecule has 0 rings (SSSR count). The number of rotatable bonds is 14. The Labute approximate surface area is 207 Å². The molecular formula is C21H32O11S2. The third-order valence-corrected chi connectivity index (χ3v) is 5.85. The van der Waals surface area contributed by atoms with Crippen LogP contribution in [-0.4, -0.2) is 64.5 Å². The zero-order valence-electron chi connectivity index (χ0n) is 20.2. The molecule has 0 saturated heterocycles. The molecule has 0 aromatic rings. The van der Waals surface area contributed by atoms with E-state index >= 15 is 0 Å². The molecule has 0 bridgehead atoms. The number of Topliss-reactive ketones (excluding diaryl/α,β-unsaturated/α-hetero) is 1. The Balaban J connectivity index is 4.94. The van der Waals surface area contributed by atoms with Crippen LogP contribution in [-0.2, 0) is 42.9 Å². The van der Waals surface area contributed by atoms with Crippen molar-refractivity contribution in [1.29, 1.82) is 0 Å². The lowest BCUT2D eigenvalue weighted by Gasteiger charge is -2.24. The summed E-state index contributed by atoms with van der Waals surface area (Å²) in [5, 5.41) is -1.62. The first-order valence-corrected chi connectivity index (χ1v) is 12.3. The lowest BCUT2D eigenvalue weighted by Crippen LogP contribution is -2.35. The van der Waals surface area contributed by atoms with Gasteiger partial charge in [-0.25, -0.2) is 9.59 Å². The predicted octanol–water partition coefficient (Wildman–Crippen LogP) is 3.85. The maximum Gasteiger partial charge on any atom is 0.371 e. The standard InChI is InChI=1S/C21H32O11S2/c1-7-16(23)28-11-30-19(26)33-10-14(18(25)32-13(3)4)9-15(22)21(5,6)34-20(27)31-12-29-17(24)8-2/h13-14H,7-12H2,1-6H3/t14-/m0/s1. The highest BCUT2D eigenvalue weighted by Crippen LogP contribution is 2.31. The van der Waals surface area contributed by atoms with Gasteiger partial charge in [-0.3, -0.25) is 19.2 Å². The number of hydrogen-bond donors (Lipinski definition) is 0. The third-order valence-electron chi connectivity index (χ3n) is 3.90. The molecule has 0 radical (unpaired) electrons. The first-order chi connectivity index (χ1) is 15.8. The lowest BCUT2D eigenvalue weighted by atomic mass is 9.97. The number of carbonyl (C=O) groups excluding carboxylic acids is 6. The fourth-order valence-electron chi connectivity index (χ4n) is 2.00. The summed E-state index contributed by atoms with van der Waals surface area (Å²) in [7, 11) is 0. The predicted molar refractivity (Wildman–Crippen MR) is 124 cm³/mol. The molecule has 0 amide bonds. The van der Waals surface area contributed by atoms with E-state index in [1.807, 2.05) is 0 Å². The molecule has 0 aliphatic rings. The quantitative estimate of drug-likeness (QED) is 0.184. The van der Waals surface area contributed by atoms with Crippen LogP contribution >= 0.6 is 23.5 Å². The van der Waals surface area contributed by atoms with E-state index in [0.29, 0.717) is 23.5 Å². The molecule has 0 spiro atoms. The van der Waals surface area contributed by atoms with Crippen LogP contribution in [0.4, 0.5) is 9.59 Å². The molecule has 0 aliphatic heterocycles. The van der Waals surface area contributed by atoms with Gasteiger partial charge < -0.3 is 23.7 Å². The molecule has 0 N–H and O–H groups in total. The normalized spacial score (nSPS) is 11.9. The van der Waals surface area contributed by atoms with Gasteiger partial charge in [0.2, 0.25) is 13.6 Å². The summed E-state index contributed by atoms with van der Waals surface area (Å²) < 4.78 is 22.7. The van der Waals surface area contributed by atoms with Gasteiger partial charge in [-0.1, -0.05) is 13.8 Å². The molecular weight excluding hydrogens is 492 g/mol. The Morgan fingerprint density at radius 2 is 1.29 bits per heavy atom. The Kier molecular flexibility index (Phi) is 15.3. The Morgan fingerprint density at radius 3 is 1.76 bits per heavy atom. The van der Waals surface area contributed by atoms with Crippen molar-refractivity contribution in [2.24, 2.45) is 5.92 Å². The van der Waals surface area contributed by atoms with Crippen LogP contribution in [0.5, 0.6) is 0 Å². The first kappa shape index (κ1) is 31.7. The third kappa shape index (κ3) is 14.1. The minimum Gasteiger partial charge on any atom is -0.463 e. The average Bonchev–Trinajstić information content (AvgIpc) is 2.74. The fraction of sp³-hybridized carbons (Fsp3) is 0.714. The van der Waals surface area contributed by atoms with Crippen molar-refractivity contribution in [3.8, 4) is 0 Å². The second kappa shape index (κ2) is 16.4. The highest BCUT2D eigenvalue weighted by molar-refractivity contribution is 8.15. The minimum absolute atomic E-state index is 0.123. The molecule has 0 aromatic carbocycles. The molecule has 11 nitrogen and oxygen atoms in total. The van der Waals surface area contributed by atoms with Crippen LogP contribution in [0.2, 0.25) is 0 Å². The number of hydrogen-bond acceptors (Lipinski definition) is 13. The number of esters is 3. The first-order valence-electron chi connectivity index (χ1n) is 10.5. The van der Waals surface area contributed by atoms with Crippen molar-refractivity contribution in [3.63, 3.8) is 0 Å². The van der Waals surface area contributed by atoms with Crippen molar-refractivity contribution < 1.29 is 52.5 Å². The Hall–Kier alpha value is -2.28. The second-order valence-electron chi connectivity index (χ2n) is 7.50. The average molecular weight is 525 g/mol. The summed E-state index contributed by atoms with van der Waals surface area (Å²) in [6, 6.07) is 0. The number of carbonyl (C=O) groups is 6. The van der Waals surface area contributed by atoms with Crippen molar-refractivity contribution in [3.05, 3.63) is 0 Å². The zero-order chi connectivity index (χ0) is 26.3. The Morgan fingerprint density at radius 1 is 0.794 bits per heavy atom. The summed E-state index contributed by atoms with van der Waals surface area (Å²) in [5.41, 5.74) is 0. The van der Waals surface area contributed by atoms with Gasteiger partial charge in [0.1, 0.15) is 5.78 Å². The molecule has 0 unspecified atom stereocenters. The van der Waals surface area contributed by atoms with Crippen molar-refractivity contribution in [2.75, 3.05) is 19.3 Å². The summed E-state index contributed by atoms with van der Waals surface area (Å²) >= 11 is 1.21. The summed E-state index contributed by atoms with van der Waals surface area (Å²) in [6.07, 6.45) is -0.507. The van der Waals surface area contributed by atoms with Gasteiger partial charge in [-0.05, 0) is 51.2 Å². The van der Waals surface area contributed by atoms with Crippen LogP contribution in [0, 0.1) is 5.92 Å². The number of ether oxygens (including phenoxy) is 5. The van der Waals surface area contributed by atoms with Crippen LogP contribution in [0.15, 0.2) is 0 Å². The largest absolute Gasteiger partial charge is 0.463 e. The molecule has 194 valence electrons. The van der Waals surface area contributed by atoms with E-state index in [1.165, 1.54) is 13.8 Å². The number of ketones is 1. The van der Waals surface area contributed by atoms with E-state index in [4.69, 9.17) is 14.2 Å². The van der Waals surface area contributed by atoms with Crippen molar-refractivity contribution in [1.82, 2.24) is 0 Å². The molecule has 0 aliphatic carbocycles. The molecule has 0 fully saturated rings. The van der Waals surface area contributed by atoms with E-state index in [0.717, 1.165) is 0 Å². The van der Waals surface area contributed by atoms with Gasteiger partial charge in [0, 0.05) is 25.0 Å². The monoisotopic (exact) mass is 524 g/mol. The zero-order valence-corrected chi connectivity index (χ0v) is 21.8. The maximum atomic E-state index is 12.8. The molecule has 13 heteroatoms. The molecule has 0 heterocycles. The highest BCUT2D eigenvalue weighted by atomic mass is 32.2. The fourth-order valence-corrected chi connectivity index (χ4v) is 3.45. The molecule has 1 atom stereocenters. The van der Waals surface area contributed by atoms with Crippen molar-refractivity contribution in [2.45, 2.75) is 71.7 Å². The lowest BCUT2D eigenvalue weighted by molar-refractivity contribution is -0.153. The number of thioether (sulfide) groups is 2. The van der Waals surface area contributed by atoms with E-state index in [-0.39, 0.29) is 25.0 Å². The summed E-state index contributed by atoms with van der Waals surface area (Å²) in [6.45, 7) is 8.28. The Bertz CT molecular complexity index is 734. The van der Waals surface area contributed by atoms with Gasteiger partial charge in [-0.15, -0.1) is 0 Å². The van der Waals surface area contributed by atoms with E-state index < -0.39 is 64.6 Å². The van der Waals surface area contributed by atoms with Crippen LogP contribution in [0.3, 0.4) is 0 Å². The van der Waals surface area contributed by atoms with Crippen molar-refractivity contribution >= 4 is 57.8 Å². The summed E-state index contributed by atoms with van der Waals surface area (Å²) in [4.78, 5) is 71.3. The SMILES string of the molecule is CCC(=O)OCOC(=O)SC[C@H](CC(=O)C(C)(C)SC(=O)OCOC(=O)CC)C(=O)OC(C)C. The molecule has 0 aromatic heterocycles. The molecule has 0 saturated carbocycles. The van der Waals surface area contributed by atoms with Crippen LogP contribution < -0.4 is 0 Å². The van der Waals surface area contributed by atoms with E-state index in [1.54, 1.807) is 27.7 Å². The van der Waals surface area contributed by atoms with E-state index in [2.05, 4.69) is 9.47 Å². The molecule has 34 heavy (non-hydrogen) atoms. The smallest absolute Gasteiger partial charge is 0.371 e. The van der Waals surface area contributed by atoms with Gasteiger partial charge in [0.15, 0.2) is 0 Å². The topological polar surface area (TPSA) is 149 Å². The van der Waals surface area contributed by atoms with Gasteiger partial charge in [0.25, 0.3) is 0 Å². The van der Waals surface area contributed by atoms with Crippen LogP contribution in [0.1, 0.15) is 60.8 Å². The highest BCUT2D eigenvalue weighted by Gasteiger charge is 2.36. The van der Waals surface area contributed by atoms with Gasteiger partial charge in [-0.2, -0.15) is 0 Å². The minimum atomic E-state index is -1.28. The second-order valence-corrected chi connectivity index (χ2v) is 10.0. The maximum absolute atomic E-state index is 12.8. The van der Waals surface area contributed by atoms with Crippen LogP contribution in [0.25, 0.3) is 0 Å². The summed E-state index contributed by atoms with van der Waals surface area (Å²) in [5.74, 6) is -3.35. The van der Waals surface area contributed by atoms with Gasteiger partial charge in [0.05, 0.1) is 16.8 Å². The van der Waals surface area contributed by atoms with E-state index in [9.17, 15) is 28.8 Å². The van der Waals surface area contributed by atoms with Gasteiger partial charge >= 0.3 is 28.5 Å².